The van der Waals surface area contributed by atoms with E-state index in [1.807, 2.05) is 0 Å². The first-order valence-electron chi connectivity index (χ1n) is 4.13. The summed E-state index contributed by atoms with van der Waals surface area (Å²) in [5.41, 5.74) is 0. The van der Waals surface area contributed by atoms with Gasteiger partial charge in [-0.25, -0.2) is 4.98 Å². The lowest BCUT2D eigenvalue weighted by Crippen LogP contribution is -2.24. The number of rotatable bonds is 2. The van der Waals surface area contributed by atoms with Crippen molar-refractivity contribution in [3.8, 4) is 5.75 Å². The highest BCUT2D eigenvalue weighted by molar-refractivity contribution is 5.16. The number of nitrogens with zero attached hydrogens (tertiary/aromatic N) is 1. The van der Waals surface area contributed by atoms with Crippen LogP contribution in [0.3, 0.4) is 0 Å². The molecule has 12 heavy (non-hydrogen) atoms. The van der Waals surface area contributed by atoms with Gasteiger partial charge in [-0.2, -0.15) is 4.39 Å². The Kier molecular flexibility index (Phi) is 1.94. The lowest BCUT2D eigenvalue weighted by atomic mass is 9.96. The molecule has 2 rings (SSSR count). The summed E-state index contributed by atoms with van der Waals surface area (Å²) in [4.78, 5) is 3.50. The predicted molar refractivity (Wildman–Crippen MR) is 42.5 cm³/mol. The van der Waals surface area contributed by atoms with Gasteiger partial charge in [0, 0.05) is 0 Å². The van der Waals surface area contributed by atoms with Gasteiger partial charge < -0.3 is 4.74 Å². The largest absolute Gasteiger partial charge is 0.489 e. The number of ether oxygens (including phenoxy) is 1. The van der Waals surface area contributed by atoms with E-state index in [-0.39, 0.29) is 0 Å². The van der Waals surface area contributed by atoms with Gasteiger partial charge in [0.1, 0.15) is 5.75 Å². The van der Waals surface area contributed by atoms with Crippen molar-refractivity contribution in [2.24, 2.45) is 0 Å². The monoisotopic (exact) mass is 167 g/mol. The molecule has 1 aromatic rings. The van der Waals surface area contributed by atoms with E-state index in [1.54, 1.807) is 6.07 Å². The zero-order valence-electron chi connectivity index (χ0n) is 6.66. The fraction of sp³-hybridized carbons (Fsp3) is 0.444. The van der Waals surface area contributed by atoms with E-state index in [0.29, 0.717) is 11.9 Å². The van der Waals surface area contributed by atoms with Crippen LogP contribution >= 0.6 is 0 Å². The zero-order chi connectivity index (χ0) is 8.39. The Morgan fingerprint density at radius 1 is 1.42 bits per heavy atom. The molecule has 1 aliphatic rings. The average molecular weight is 167 g/mol. The first kappa shape index (κ1) is 7.53. The van der Waals surface area contributed by atoms with Crippen LogP contribution < -0.4 is 4.74 Å². The average Bonchev–Trinajstić information content (AvgIpc) is 2.00. The van der Waals surface area contributed by atoms with Gasteiger partial charge in [0.05, 0.1) is 12.3 Å². The molecule has 1 fully saturated rings. The Bertz CT molecular complexity index is 256. The summed E-state index contributed by atoms with van der Waals surface area (Å²) in [5, 5.41) is 0. The molecule has 0 N–H and O–H groups in total. The third-order valence-electron chi connectivity index (χ3n) is 2.06. The molecule has 1 heterocycles. The second-order valence-corrected chi connectivity index (χ2v) is 2.99. The quantitative estimate of drug-likeness (QED) is 0.629. The zero-order valence-corrected chi connectivity index (χ0v) is 6.66. The molecule has 0 aromatic carbocycles. The molecule has 64 valence electrons. The van der Waals surface area contributed by atoms with Crippen molar-refractivity contribution in [3.05, 3.63) is 24.3 Å². The molecule has 0 aliphatic heterocycles. The van der Waals surface area contributed by atoms with Crippen LogP contribution in [0, 0.1) is 5.95 Å². The Labute approximate surface area is 70.4 Å². The Morgan fingerprint density at radius 3 is 2.75 bits per heavy atom. The van der Waals surface area contributed by atoms with E-state index in [4.69, 9.17) is 4.74 Å². The second-order valence-electron chi connectivity index (χ2n) is 2.99. The molecule has 3 heteroatoms. The van der Waals surface area contributed by atoms with Gasteiger partial charge in [-0.1, -0.05) is 0 Å². The van der Waals surface area contributed by atoms with Gasteiger partial charge >= 0.3 is 0 Å². The predicted octanol–water partition coefficient (Wildman–Crippen LogP) is 2.15. The highest BCUT2D eigenvalue weighted by atomic mass is 19.1. The van der Waals surface area contributed by atoms with Gasteiger partial charge in [0.25, 0.3) is 0 Å². The molecule has 1 saturated carbocycles. The molecular weight excluding hydrogens is 157 g/mol. The Hall–Kier alpha value is -1.12. The minimum absolute atomic E-state index is 0.331. The van der Waals surface area contributed by atoms with Crippen LogP contribution in [0.25, 0.3) is 0 Å². The molecule has 1 aliphatic carbocycles. The molecule has 0 spiro atoms. The maximum absolute atomic E-state index is 12.4. The Morgan fingerprint density at radius 2 is 2.25 bits per heavy atom. The number of pyridine rings is 1. The second kappa shape index (κ2) is 3.09. The van der Waals surface area contributed by atoms with Crippen molar-refractivity contribution >= 4 is 0 Å². The van der Waals surface area contributed by atoms with Crippen molar-refractivity contribution in [2.75, 3.05) is 0 Å². The molecule has 0 bridgehead atoms. The van der Waals surface area contributed by atoms with E-state index >= 15 is 0 Å². The van der Waals surface area contributed by atoms with E-state index in [1.165, 1.54) is 18.7 Å². The number of halogens is 1. The van der Waals surface area contributed by atoms with Crippen LogP contribution in [-0.2, 0) is 0 Å². The maximum Gasteiger partial charge on any atom is 0.213 e. The molecule has 0 unspecified atom stereocenters. The van der Waals surface area contributed by atoms with E-state index in [2.05, 4.69) is 4.98 Å². The van der Waals surface area contributed by atoms with Crippen LogP contribution in [0.4, 0.5) is 4.39 Å². The number of aromatic nitrogens is 1. The highest BCUT2D eigenvalue weighted by Gasteiger charge is 2.18. The van der Waals surface area contributed by atoms with Gasteiger partial charge in [-0.05, 0) is 31.4 Å². The van der Waals surface area contributed by atoms with Crippen LogP contribution in [0.5, 0.6) is 5.75 Å². The van der Waals surface area contributed by atoms with Gasteiger partial charge in [-0.15, -0.1) is 0 Å². The van der Waals surface area contributed by atoms with Crippen LogP contribution in [0.15, 0.2) is 18.3 Å². The standard InChI is InChI=1S/C9H10FNO/c10-9-5-4-8(6-11-9)12-7-2-1-3-7/h4-7H,1-3H2. The van der Waals surface area contributed by atoms with E-state index in [0.717, 1.165) is 12.8 Å². The first-order valence-corrected chi connectivity index (χ1v) is 4.13. The number of hydrogen-bond donors (Lipinski definition) is 0. The summed E-state index contributed by atoms with van der Waals surface area (Å²) >= 11 is 0. The van der Waals surface area contributed by atoms with Gasteiger partial charge in [0.2, 0.25) is 5.95 Å². The highest BCUT2D eigenvalue weighted by Crippen LogP contribution is 2.24. The Balaban J connectivity index is 1.98. The van der Waals surface area contributed by atoms with Crippen LogP contribution in [0.1, 0.15) is 19.3 Å². The summed E-state index contributed by atoms with van der Waals surface area (Å²) in [6.45, 7) is 0. The molecule has 1 aromatic heterocycles. The third-order valence-corrected chi connectivity index (χ3v) is 2.06. The van der Waals surface area contributed by atoms with E-state index in [9.17, 15) is 4.39 Å². The summed E-state index contributed by atoms with van der Waals surface area (Å²) in [6.07, 6.45) is 5.21. The summed E-state index contributed by atoms with van der Waals surface area (Å²) in [7, 11) is 0. The van der Waals surface area contributed by atoms with Crippen molar-refractivity contribution in [3.63, 3.8) is 0 Å². The summed E-state index contributed by atoms with van der Waals surface area (Å²) < 4.78 is 17.8. The molecule has 0 amide bonds. The first-order chi connectivity index (χ1) is 5.84. The van der Waals surface area contributed by atoms with Gasteiger partial charge in [0.15, 0.2) is 0 Å². The minimum atomic E-state index is -0.462. The summed E-state index contributed by atoms with van der Waals surface area (Å²) in [6, 6.07) is 2.93. The smallest absolute Gasteiger partial charge is 0.213 e. The maximum atomic E-state index is 12.4. The van der Waals surface area contributed by atoms with Crippen molar-refractivity contribution in [1.29, 1.82) is 0 Å². The fourth-order valence-corrected chi connectivity index (χ4v) is 1.11. The molecule has 0 saturated heterocycles. The molecule has 0 atom stereocenters. The third kappa shape index (κ3) is 1.55. The lowest BCUT2D eigenvalue weighted by molar-refractivity contribution is 0.119. The van der Waals surface area contributed by atoms with Crippen molar-refractivity contribution in [2.45, 2.75) is 25.4 Å². The number of hydrogen-bond acceptors (Lipinski definition) is 2. The molecule has 0 radical (unpaired) electrons. The van der Waals surface area contributed by atoms with E-state index < -0.39 is 5.95 Å². The normalized spacial score (nSPS) is 17.1. The van der Waals surface area contributed by atoms with Crippen molar-refractivity contribution < 1.29 is 9.13 Å². The van der Waals surface area contributed by atoms with Crippen molar-refractivity contribution in [1.82, 2.24) is 4.98 Å². The van der Waals surface area contributed by atoms with Crippen LogP contribution in [0.2, 0.25) is 0 Å². The molecular formula is C9H10FNO. The van der Waals surface area contributed by atoms with Crippen LogP contribution in [-0.4, -0.2) is 11.1 Å². The minimum Gasteiger partial charge on any atom is -0.489 e. The van der Waals surface area contributed by atoms with Gasteiger partial charge in [-0.3, -0.25) is 0 Å². The topological polar surface area (TPSA) is 22.1 Å². The SMILES string of the molecule is Fc1ccc(OC2CCC2)cn1. The summed E-state index contributed by atoms with van der Waals surface area (Å²) in [5.74, 6) is 0.206. The lowest BCUT2D eigenvalue weighted by Gasteiger charge is -2.25. The fourth-order valence-electron chi connectivity index (χ4n) is 1.11. The molecule has 2 nitrogen and oxygen atoms in total.